The SMILES string of the molecule is CC1=C2C[C@H]3[C@@H](CC[C@@H]4C[C@@H](OS(C)(=O)=O)CC[C@@]43C)[C@@H]2CC[C@]12O[C@@H]1C[C@H](C)CN(C(=O)OCc3ccccc3)[C@H]1[C@H]2C.CC1=C2C[C@H]3[C@@H](CC[C@@H]4C[C@H](N=[N+]=[N-])CC[C@@]43C)[C@@H]2CC[C@]12O[C@@H]1C[C@H](C)CN(C(=O)OCc3ccccc3)[C@H]1[C@H]2C. The second kappa shape index (κ2) is 23.1. The average Bonchev–Trinajstić information content (AvgIpc) is 1.89. The third-order valence-corrected chi connectivity index (χ3v) is 27.1. The van der Waals surface area contributed by atoms with Gasteiger partial charge < -0.3 is 28.7 Å². The Bertz CT molecular complexity index is 3120. The van der Waals surface area contributed by atoms with E-state index < -0.39 is 10.1 Å². The molecule has 2 amide bonds. The zero-order valence-electron chi connectivity index (χ0n) is 53.0. The van der Waals surface area contributed by atoms with Crippen LogP contribution in [0, 0.1) is 81.8 Å². The number of carbonyl (C=O) groups is 2. The summed E-state index contributed by atoms with van der Waals surface area (Å²) < 4.78 is 55.4. The minimum Gasteiger partial charge on any atom is -0.445 e. The molecule has 0 radical (unpaired) electrons. The molecule has 4 aliphatic heterocycles. The number of hydrogen-bond acceptors (Lipinski definition) is 10. The van der Waals surface area contributed by atoms with Crippen LogP contribution in [0.15, 0.2) is 88.1 Å². The highest BCUT2D eigenvalue weighted by molar-refractivity contribution is 7.86. The van der Waals surface area contributed by atoms with E-state index in [4.69, 9.17) is 28.7 Å². The maximum atomic E-state index is 13.6. The summed E-state index contributed by atoms with van der Waals surface area (Å²) in [5, 5.41) is 4.14. The molecule has 2 aromatic rings. The lowest BCUT2D eigenvalue weighted by molar-refractivity contribution is -0.0709. The van der Waals surface area contributed by atoms with Crippen molar-refractivity contribution in [3.05, 3.63) is 105 Å². The van der Waals surface area contributed by atoms with E-state index in [0.717, 1.165) is 100 Å². The van der Waals surface area contributed by atoms with Gasteiger partial charge in [0.2, 0.25) is 0 Å². The van der Waals surface area contributed by atoms with Gasteiger partial charge in [-0.15, -0.1) is 0 Å². The lowest BCUT2D eigenvalue weighted by Crippen LogP contribution is -2.54. The van der Waals surface area contributed by atoms with Crippen LogP contribution in [0.25, 0.3) is 10.4 Å². The highest BCUT2D eigenvalue weighted by Crippen LogP contribution is 2.69. The van der Waals surface area contributed by atoms with Crippen LogP contribution in [-0.2, 0) is 46.5 Å². The molecule has 12 aliphatic rings. The van der Waals surface area contributed by atoms with Crippen LogP contribution < -0.4 is 0 Å². The first-order chi connectivity index (χ1) is 41.1. The lowest BCUT2D eigenvalue weighted by atomic mass is 9.52. The van der Waals surface area contributed by atoms with Crippen molar-refractivity contribution in [2.45, 2.75) is 232 Å². The largest absolute Gasteiger partial charge is 0.445 e. The average molecular weight is 1200 g/mol. The smallest absolute Gasteiger partial charge is 0.410 e. The van der Waals surface area contributed by atoms with Gasteiger partial charge in [-0.05, 0) is 227 Å². The Balaban J connectivity index is 0.000000160. The minimum atomic E-state index is -3.43. The van der Waals surface area contributed by atoms with Crippen LogP contribution in [0.1, 0.15) is 182 Å². The number of azide groups is 1. The topological polar surface area (TPSA) is 170 Å². The maximum Gasteiger partial charge on any atom is 0.410 e. The quantitative estimate of drug-likeness (QED) is 0.0861. The number of carbonyl (C=O) groups excluding carboxylic acids is 2. The molecule has 468 valence electrons. The second-order valence-corrected chi connectivity index (χ2v) is 32.2. The first-order valence-electron chi connectivity index (χ1n) is 33.8. The van der Waals surface area contributed by atoms with Gasteiger partial charge in [0.1, 0.15) is 13.2 Å². The zero-order valence-corrected chi connectivity index (χ0v) is 53.9. The number of ether oxygens (including phenoxy) is 4. The normalized spacial score (nSPS) is 43.7. The summed E-state index contributed by atoms with van der Waals surface area (Å²) in [6.07, 6.45) is 20.4. The van der Waals surface area contributed by atoms with E-state index in [-0.39, 0.29) is 83.7 Å². The standard InChI is InChI=1S/C36H51NO6S.C35H48N4O3/c1-22-17-32-33(37(20-22)34(38)41-21-25-9-7-6-8-10-25)24(3)36(42-32)16-14-28-29-12-11-26-18-27(43-44(5,39)40)13-15-35(26,4)31(29)19-30(28)23(36)2;1-21-16-31-32(39(19-21)33(40)41-20-24-8-6-5-7-9-24)23(3)35(42-31)15-13-27-28-11-10-25-17-26(37-38-36)12-14-34(25,4)30(28)18-29(27)22(35)2/h6-10,22,24,26-29,31-33H,11-21H2,1-5H3;5-9,21,23,25-28,30-32H,10-20H2,1-4H3/t22-,24+,26+,27-,28-,29-,31-,32+,33-,35-,36-;21-,23+,25+,26+,27-,28-,30-,31+,32-,34-,35-/m00/s1. The summed E-state index contributed by atoms with van der Waals surface area (Å²) in [7, 11) is -3.43. The molecule has 4 heterocycles. The van der Waals surface area contributed by atoms with E-state index in [1.807, 2.05) is 70.5 Å². The van der Waals surface area contributed by atoms with Crippen molar-refractivity contribution in [3.8, 4) is 0 Å². The first kappa shape index (κ1) is 60.5. The van der Waals surface area contributed by atoms with Gasteiger partial charge in [0, 0.05) is 35.9 Å². The van der Waals surface area contributed by atoms with E-state index in [2.05, 4.69) is 65.4 Å². The Morgan fingerprint density at radius 1 is 0.628 bits per heavy atom. The molecule has 0 aromatic heterocycles. The van der Waals surface area contributed by atoms with Gasteiger partial charge >= 0.3 is 12.2 Å². The summed E-state index contributed by atoms with van der Waals surface area (Å²) in [6.45, 7) is 21.0. The van der Waals surface area contributed by atoms with Crippen LogP contribution in [0.5, 0.6) is 0 Å². The lowest BCUT2D eigenvalue weighted by Gasteiger charge is -2.54. The fraction of sp³-hybridized carbons (Fsp3) is 0.746. The summed E-state index contributed by atoms with van der Waals surface area (Å²) >= 11 is 0. The molecule has 14 rings (SSSR count). The molecule has 4 saturated heterocycles. The molecular formula is C71H99N5O9S. The van der Waals surface area contributed by atoms with Crippen LogP contribution in [0.3, 0.4) is 0 Å². The number of hydrogen-bond donors (Lipinski definition) is 0. The Hall–Kier alpha value is -4.40. The Kier molecular flexibility index (Phi) is 16.3. The van der Waals surface area contributed by atoms with Gasteiger partial charge in [-0.1, -0.05) is 118 Å². The first-order valence-corrected chi connectivity index (χ1v) is 35.6. The van der Waals surface area contributed by atoms with Crippen LogP contribution >= 0.6 is 0 Å². The maximum absolute atomic E-state index is 13.6. The second-order valence-electron chi connectivity index (χ2n) is 30.6. The van der Waals surface area contributed by atoms with Gasteiger partial charge in [-0.2, -0.15) is 8.42 Å². The minimum absolute atomic E-state index is 0.0253. The highest BCUT2D eigenvalue weighted by atomic mass is 32.2. The van der Waals surface area contributed by atoms with Crippen molar-refractivity contribution in [3.63, 3.8) is 0 Å². The molecular weight excluding hydrogens is 1100 g/mol. The molecule has 22 atom stereocenters. The van der Waals surface area contributed by atoms with Gasteiger partial charge in [-0.3, -0.25) is 4.18 Å². The van der Waals surface area contributed by atoms with E-state index >= 15 is 0 Å². The summed E-state index contributed by atoms with van der Waals surface area (Å²) in [6, 6.07) is 20.1. The summed E-state index contributed by atoms with van der Waals surface area (Å²) in [5.74, 6) is 6.49. The number of allylic oxidation sites excluding steroid dienone is 2. The van der Waals surface area contributed by atoms with Gasteiger partial charge in [-0.25, -0.2) is 9.59 Å². The number of benzene rings is 2. The monoisotopic (exact) mass is 1200 g/mol. The molecule has 86 heavy (non-hydrogen) atoms. The molecule has 2 spiro atoms. The molecule has 2 aromatic carbocycles. The number of piperidine rings is 2. The molecule has 0 N–H and O–H groups in total. The molecule has 15 heteroatoms. The van der Waals surface area contributed by atoms with Gasteiger partial charge in [0.25, 0.3) is 10.1 Å². The summed E-state index contributed by atoms with van der Waals surface area (Å²) in [4.78, 5) is 34.3. The summed E-state index contributed by atoms with van der Waals surface area (Å²) in [5.41, 5.74) is 17.3. The Morgan fingerprint density at radius 3 is 1.53 bits per heavy atom. The molecule has 6 saturated carbocycles. The van der Waals surface area contributed by atoms with Crippen molar-refractivity contribution in [1.82, 2.24) is 9.80 Å². The van der Waals surface area contributed by atoms with Crippen molar-refractivity contribution in [2.24, 2.45) is 87.0 Å². The fourth-order valence-electron chi connectivity index (χ4n) is 22.3. The fourth-order valence-corrected chi connectivity index (χ4v) is 23.0. The van der Waals surface area contributed by atoms with Gasteiger partial charge in [0.05, 0.1) is 47.9 Å². The third-order valence-electron chi connectivity index (χ3n) is 26.5. The number of nitrogens with zero attached hydrogens (tertiary/aromatic N) is 5. The molecule has 14 nitrogen and oxygen atoms in total. The number of rotatable bonds is 7. The van der Waals surface area contributed by atoms with Crippen molar-refractivity contribution in [1.29, 1.82) is 0 Å². The third kappa shape index (κ3) is 10.4. The number of likely N-dealkylation sites (tertiary alicyclic amines) is 2. The molecule has 0 unspecified atom stereocenters. The van der Waals surface area contributed by atoms with E-state index in [1.165, 1.54) is 62.3 Å². The van der Waals surface area contributed by atoms with Crippen LogP contribution in [0.4, 0.5) is 9.59 Å². The van der Waals surface area contributed by atoms with Crippen molar-refractivity contribution < 1.29 is 41.1 Å². The number of amides is 2. The van der Waals surface area contributed by atoms with Crippen molar-refractivity contribution >= 4 is 22.3 Å². The Morgan fingerprint density at radius 2 is 1.08 bits per heavy atom. The molecule has 10 fully saturated rings. The van der Waals surface area contributed by atoms with E-state index in [0.29, 0.717) is 65.9 Å². The van der Waals surface area contributed by atoms with E-state index in [9.17, 15) is 18.0 Å². The van der Waals surface area contributed by atoms with E-state index in [1.54, 1.807) is 11.1 Å². The Labute approximate surface area is 513 Å². The predicted molar refractivity (Wildman–Crippen MR) is 331 cm³/mol. The van der Waals surface area contributed by atoms with Crippen LogP contribution in [0.2, 0.25) is 0 Å². The zero-order chi connectivity index (χ0) is 60.2. The predicted octanol–water partition coefficient (Wildman–Crippen LogP) is 15.6. The van der Waals surface area contributed by atoms with Crippen LogP contribution in [-0.4, -0.2) is 97.4 Å². The van der Waals surface area contributed by atoms with Crippen molar-refractivity contribution in [2.75, 3.05) is 19.3 Å². The number of fused-ring (bicyclic) bond motifs is 12. The molecule has 0 bridgehead atoms. The van der Waals surface area contributed by atoms with Gasteiger partial charge in [0.15, 0.2) is 0 Å². The molecule has 8 aliphatic carbocycles. The highest BCUT2D eigenvalue weighted by Gasteiger charge is 2.66.